The second-order valence-corrected chi connectivity index (χ2v) is 13.2. The summed E-state index contributed by atoms with van der Waals surface area (Å²) in [5.74, 6) is 0.255. The summed E-state index contributed by atoms with van der Waals surface area (Å²) in [5.41, 5.74) is 0.102. The van der Waals surface area contributed by atoms with Crippen molar-refractivity contribution in [2.45, 2.75) is 49.9 Å². The third-order valence-corrected chi connectivity index (χ3v) is 10.3. The monoisotopic (exact) mass is 607 g/mol. The third kappa shape index (κ3) is 4.57. The molecule has 5 heterocycles. The summed E-state index contributed by atoms with van der Waals surface area (Å²) in [4.78, 5) is 18.2. The predicted octanol–water partition coefficient (Wildman–Crippen LogP) is 5.51. The fourth-order valence-electron chi connectivity index (χ4n) is 8.09. The van der Waals surface area contributed by atoms with Crippen molar-refractivity contribution in [3.8, 4) is 23.0 Å². The lowest BCUT2D eigenvalue weighted by molar-refractivity contribution is 0.107. The summed E-state index contributed by atoms with van der Waals surface area (Å²) in [6.07, 6.45) is 4.22. The van der Waals surface area contributed by atoms with Gasteiger partial charge >= 0.3 is 6.01 Å². The van der Waals surface area contributed by atoms with Gasteiger partial charge in [0.05, 0.1) is 17.0 Å². The molecule has 43 heavy (non-hydrogen) atoms. The SMILES string of the molecule is Oc1cc(-c2ncc3c(N4C[C@@H]5C[C@H](C4)[C@H](O)C5)nc(OC[C@@]45CCCN4C[C@H](F)C5)nc3c2F)c2ccc(Cl)cc2c1. The maximum atomic E-state index is 16.6. The van der Waals surface area contributed by atoms with E-state index in [0.29, 0.717) is 64.5 Å². The Labute approximate surface area is 252 Å². The fraction of sp³-hybridized carbons (Fsp3) is 0.469. The van der Waals surface area contributed by atoms with E-state index >= 15 is 4.39 Å². The fourth-order valence-corrected chi connectivity index (χ4v) is 8.27. The number of anilines is 1. The van der Waals surface area contributed by atoms with Gasteiger partial charge in [0.2, 0.25) is 0 Å². The Balaban J connectivity index is 1.25. The van der Waals surface area contributed by atoms with E-state index in [2.05, 4.69) is 19.8 Å². The lowest BCUT2D eigenvalue weighted by Gasteiger charge is -2.34. The molecule has 2 aromatic heterocycles. The molecule has 8 rings (SSSR count). The first kappa shape index (κ1) is 27.2. The molecule has 0 radical (unpaired) electrons. The third-order valence-electron chi connectivity index (χ3n) is 10.0. The van der Waals surface area contributed by atoms with E-state index in [4.69, 9.17) is 21.3 Å². The first-order chi connectivity index (χ1) is 20.8. The van der Waals surface area contributed by atoms with E-state index in [1.807, 2.05) is 0 Å². The van der Waals surface area contributed by atoms with Crippen LogP contribution in [0.3, 0.4) is 0 Å². The van der Waals surface area contributed by atoms with Crippen molar-refractivity contribution in [1.82, 2.24) is 19.9 Å². The summed E-state index contributed by atoms with van der Waals surface area (Å²) < 4.78 is 37.3. The number of aliphatic hydroxyl groups excluding tert-OH is 1. The number of alkyl halides is 1. The highest BCUT2D eigenvalue weighted by molar-refractivity contribution is 6.31. The number of fused-ring (bicyclic) bond motifs is 5. The molecule has 8 nitrogen and oxygen atoms in total. The Morgan fingerprint density at radius 3 is 2.84 bits per heavy atom. The molecule has 2 bridgehead atoms. The Morgan fingerprint density at radius 2 is 1.98 bits per heavy atom. The van der Waals surface area contributed by atoms with Gasteiger partial charge in [-0.05, 0) is 73.2 Å². The van der Waals surface area contributed by atoms with Crippen molar-refractivity contribution < 1.29 is 23.7 Å². The van der Waals surface area contributed by atoms with Crippen LogP contribution < -0.4 is 9.64 Å². The summed E-state index contributed by atoms with van der Waals surface area (Å²) >= 11 is 6.19. The summed E-state index contributed by atoms with van der Waals surface area (Å²) in [6, 6.07) is 8.29. The van der Waals surface area contributed by atoms with Crippen molar-refractivity contribution in [3.63, 3.8) is 0 Å². The maximum Gasteiger partial charge on any atom is 0.319 e. The van der Waals surface area contributed by atoms with Crippen LogP contribution in [0.4, 0.5) is 14.6 Å². The Hall–Kier alpha value is -3.34. The van der Waals surface area contributed by atoms with Crippen LogP contribution in [0, 0.1) is 17.7 Å². The number of halogens is 3. The summed E-state index contributed by atoms with van der Waals surface area (Å²) in [6.45, 7) is 2.73. The van der Waals surface area contributed by atoms with Crippen LogP contribution >= 0.6 is 11.6 Å². The molecule has 2 N–H and O–H groups in total. The summed E-state index contributed by atoms with van der Waals surface area (Å²) in [5, 5.41) is 23.3. The van der Waals surface area contributed by atoms with Gasteiger partial charge in [0.15, 0.2) is 5.82 Å². The minimum absolute atomic E-state index is 0.0353. The second kappa shape index (κ2) is 10.1. The topological polar surface area (TPSA) is 94.8 Å². The van der Waals surface area contributed by atoms with Crippen LogP contribution in [0.5, 0.6) is 11.8 Å². The molecule has 0 amide bonds. The number of hydrogen-bond acceptors (Lipinski definition) is 8. The molecule has 4 aromatic rings. The number of ether oxygens (including phenoxy) is 1. The minimum Gasteiger partial charge on any atom is -0.508 e. The summed E-state index contributed by atoms with van der Waals surface area (Å²) in [7, 11) is 0. The number of phenolic OH excluding ortho intramolecular Hbond substituents is 1. The smallest absolute Gasteiger partial charge is 0.319 e. The Bertz CT molecular complexity index is 1750. The number of hydrogen-bond donors (Lipinski definition) is 2. The van der Waals surface area contributed by atoms with Crippen LogP contribution in [0.25, 0.3) is 32.9 Å². The number of aliphatic hydroxyl groups is 1. The van der Waals surface area contributed by atoms with E-state index in [1.165, 1.54) is 6.07 Å². The van der Waals surface area contributed by atoms with Gasteiger partial charge in [-0.2, -0.15) is 9.97 Å². The number of phenols is 1. The Morgan fingerprint density at radius 1 is 1.09 bits per heavy atom. The standard InChI is InChI=1S/C32H32ClF2N5O3/c33-20-2-3-23-18(8-20)9-22(41)10-24(23)28-27(35)29-25(12-36-28)30(39-13-17-6-19(14-39)26(42)7-17)38-31(37-29)43-16-32-4-1-5-40(32)15-21(34)11-32/h2-3,8-10,12,17,19,21,26,41-42H,1,4-7,11,13-16H2/t17-,19-,21-,26-,32+/m1/s1. The van der Waals surface area contributed by atoms with E-state index in [-0.39, 0.29) is 41.6 Å². The molecule has 11 heteroatoms. The number of benzene rings is 2. The number of pyridine rings is 1. The predicted molar refractivity (Wildman–Crippen MR) is 160 cm³/mol. The quantitative estimate of drug-likeness (QED) is 0.307. The van der Waals surface area contributed by atoms with Gasteiger partial charge in [0.1, 0.15) is 35.6 Å². The van der Waals surface area contributed by atoms with Crippen molar-refractivity contribution in [3.05, 3.63) is 47.4 Å². The average molecular weight is 608 g/mol. The molecule has 2 aromatic carbocycles. The molecule has 1 saturated carbocycles. The van der Waals surface area contributed by atoms with E-state index < -0.39 is 17.5 Å². The Kier molecular flexibility index (Phi) is 6.40. The molecule has 0 spiro atoms. The van der Waals surface area contributed by atoms with Gasteiger partial charge in [-0.1, -0.05) is 17.7 Å². The number of rotatable bonds is 5. The molecule has 3 saturated heterocycles. The van der Waals surface area contributed by atoms with Gasteiger partial charge in [-0.3, -0.25) is 9.88 Å². The first-order valence-corrected chi connectivity index (χ1v) is 15.4. The van der Waals surface area contributed by atoms with Gasteiger partial charge in [-0.25, -0.2) is 8.78 Å². The van der Waals surface area contributed by atoms with E-state index in [1.54, 1.807) is 30.5 Å². The van der Waals surface area contributed by atoms with Crippen molar-refractivity contribution >= 4 is 39.1 Å². The molecule has 4 aliphatic rings. The second-order valence-electron chi connectivity index (χ2n) is 12.8. The molecule has 4 fully saturated rings. The van der Waals surface area contributed by atoms with Crippen LogP contribution in [0.1, 0.15) is 32.1 Å². The van der Waals surface area contributed by atoms with Gasteiger partial charge < -0.3 is 19.8 Å². The van der Waals surface area contributed by atoms with Gasteiger partial charge in [0, 0.05) is 48.8 Å². The normalized spacial score (nSPS) is 28.7. The minimum atomic E-state index is -0.898. The number of piperidine rings is 1. The lowest BCUT2D eigenvalue weighted by atomic mass is 9.95. The van der Waals surface area contributed by atoms with Crippen LogP contribution in [0.2, 0.25) is 5.02 Å². The van der Waals surface area contributed by atoms with Crippen molar-refractivity contribution in [2.24, 2.45) is 11.8 Å². The molecule has 5 atom stereocenters. The molecular weight excluding hydrogens is 576 g/mol. The van der Waals surface area contributed by atoms with E-state index in [9.17, 15) is 14.6 Å². The van der Waals surface area contributed by atoms with Crippen LogP contribution in [0.15, 0.2) is 36.5 Å². The number of aromatic hydroxyl groups is 1. The number of nitrogens with zero attached hydrogens (tertiary/aromatic N) is 5. The van der Waals surface area contributed by atoms with Crippen molar-refractivity contribution in [2.75, 3.05) is 37.7 Å². The average Bonchev–Trinajstić information content (AvgIpc) is 3.59. The largest absolute Gasteiger partial charge is 0.508 e. The zero-order valence-electron chi connectivity index (χ0n) is 23.5. The maximum absolute atomic E-state index is 16.6. The van der Waals surface area contributed by atoms with Crippen LogP contribution in [-0.2, 0) is 0 Å². The molecular formula is C32H32ClF2N5O3. The molecule has 3 aliphatic heterocycles. The lowest BCUT2D eigenvalue weighted by Crippen LogP contribution is -2.43. The van der Waals surface area contributed by atoms with Gasteiger partial charge in [0.25, 0.3) is 0 Å². The highest BCUT2D eigenvalue weighted by Crippen LogP contribution is 2.43. The zero-order chi connectivity index (χ0) is 29.5. The highest BCUT2D eigenvalue weighted by atomic mass is 35.5. The zero-order valence-corrected chi connectivity index (χ0v) is 24.3. The number of aromatic nitrogens is 3. The van der Waals surface area contributed by atoms with E-state index in [0.717, 1.165) is 32.2 Å². The highest BCUT2D eigenvalue weighted by Gasteiger charge is 2.49. The van der Waals surface area contributed by atoms with Crippen LogP contribution in [-0.4, -0.2) is 80.7 Å². The molecule has 0 unspecified atom stereocenters. The first-order valence-electron chi connectivity index (χ1n) is 15.0. The van der Waals surface area contributed by atoms with Crippen molar-refractivity contribution in [1.29, 1.82) is 0 Å². The molecule has 224 valence electrons. The molecule has 1 aliphatic carbocycles. The van der Waals surface area contributed by atoms with Gasteiger partial charge in [-0.15, -0.1) is 0 Å².